The lowest BCUT2D eigenvalue weighted by Crippen LogP contribution is -2.33. The van der Waals surface area contributed by atoms with Gasteiger partial charge in [-0.2, -0.15) is 0 Å². The van der Waals surface area contributed by atoms with E-state index < -0.39 is 0 Å². The molecule has 0 heterocycles. The van der Waals surface area contributed by atoms with Crippen molar-refractivity contribution in [2.24, 2.45) is 5.41 Å². The third kappa shape index (κ3) is 7.21. The average Bonchev–Trinajstić information content (AvgIpc) is 2.66. The predicted molar refractivity (Wildman–Crippen MR) is 124 cm³/mol. The molecule has 162 valence electrons. The van der Waals surface area contributed by atoms with Crippen LogP contribution in [0.3, 0.4) is 0 Å². The summed E-state index contributed by atoms with van der Waals surface area (Å²) in [4.78, 5) is 29.0. The first-order chi connectivity index (χ1) is 14.1. The summed E-state index contributed by atoms with van der Waals surface area (Å²) in [5, 5.41) is 2.93. The maximum atomic E-state index is 13.2. The molecule has 0 aliphatic heterocycles. The van der Waals surface area contributed by atoms with Crippen LogP contribution in [0.25, 0.3) is 0 Å². The van der Waals surface area contributed by atoms with E-state index >= 15 is 0 Å². The number of amides is 2. The Morgan fingerprint density at radius 3 is 2.20 bits per heavy atom. The van der Waals surface area contributed by atoms with Crippen LogP contribution >= 0.6 is 0 Å². The second-order valence-corrected chi connectivity index (χ2v) is 9.11. The van der Waals surface area contributed by atoms with Crippen LogP contribution in [0, 0.1) is 5.41 Å². The normalized spacial score (nSPS) is 11.1. The molecule has 0 saturated heterocycles. The first kappa shape index (κ1) is 23.5. The number of hydrogen-bond acceptors (Lipinski definition) is 3. The predicted octanol–water partition coefficient (Wildman–Crippen LogP) is 5.07. The van der Waals surface area contributed by atoms with Crippen molar-refractivity contribution in [3.8, 4) is 0 Å². The first-order valence-electron chi connectivity index (χ1n) is 10.5. The summed E-state index contributed by atoms with van der Waals surface area (Å²) < 4.78 is 0. The quantitative estimate of drug-likeness (QED) is 0.662. The van der Waals surface area contributed by atoms with Gasteiger partial charge in [0, 0.05) is 51.4 Å². The summed E-state index contributed by atoms with van der Waals surface area (Å²) in [6.07, 6.45) is 0.901. The van der Waals surface area contributed by atoms with Gasteiger partial charge in [-0.1, -0.05) is 58.0 Å². The van der Waals surface area contributed by atoms with Crippen LogP contribution in [0.15, 0.2) is 48.5 Å². The zero-order valence-electron chi connectivity index (χ0n) is 19.2. The summed E-state index contributed by atoms with van der Waals surface area (Å²) in [5.41, 5.74) is 3.80. The van der Waals surface area contributed by atoms with E-state index in [1.54, 1.807) is 0 Å². The minimum absolute atomic E-state index is 0.0245. The highest BCUT2D eigenvalue weighted by Gasteiger charge is 2.23. The Morgan fingerprint density at radius 2 is 1.63 bits per heavy atom. The molecule has 0 aliphatic carbocycles. The lowest BCUT2D eigenvalue weighted by atomic mass is 9.91. The Kier molecular flexibility index (Phi) is 8.04. The van der Waals surface area contributed by atoms with Gasteiger partial charge in [-0.15, -0.1) is 0 Å². The highest BCUT2D eigenvalue weighted by Crippen LogP contribution is 2.27. The van der Waals surface area contributed by atoms with E-state index in [2.05, 4.69) is 26.1 Å². The molecule has 0 atom stereocenters. The zero-order valence-corrected chi connectivity index (χ0v) is 19.2. The largest absolute Gasteiger partial charge is 0.377 e. The summed E-state index contributed by atoms with van der Waals surface area (Å²) in [6.45, 7) is 9.10. The summed E-state index contributed by atoms with van der Waals surface area (Å²) >= 11 is 0. The first-order valence-corrected chi connectivity index (χ1v) is 10.5. The van der Waals surface area contributed by atoms with Crippen LogP contribution in [0.1, 0.15) is 51.7 Å². The van der Waals surface area contributed by atoms with Gasteiger partial charge < -0.3 is 15.1 Å². The molecule has 2 rings (SSSR count). The van der Waals surface area contributed by atoms with Gasteiger partial charge in [0.2, 0.25) is 11.8 Å². The molecule has 0 unspecified atom stereocenters. The molecular weight excluding hydrogens is 374 g/mol. The highest BCUT2D eigenvalue weighted by molar-refractivity contribution is 5.91. The molecule has 0 aromatic heterocycles. The number of hydrogen-bond donors (Lipinski definition) is 1. The molecule has 1 N–H and O–H groups in total. The molecule has 5 heteroatoms. The lowest BCUT2D eigenvalue weighted by molar-refractivity contribution is -0.134. The van der Waals surface area contributed by atoms with Gasteiger partial charge in [0.1, 0.15) is 0 Å². The van der Waals surface area contributed by atoms with E-state index in [-0.39, 0.29) is 17.2 Å². The van der Waals surface area contributed by atoms with Crippen molar-refractivity contribution in [1.29, 1.82) is 0 Å². The summed E-state index contributed by atoms with van der Waals surface area (Å²) in [7, 11) is 3.98. The summed E-state index contributed by atoms with van der Waals surface area (Å²) in [6, 6.07) is 15.9. The van der Waals surface area contributed by atoms with Gasteiger partial charge in [0.25, 0.3) is 0 Å². The Balaban J connectivity index is 2.37. The van der Waals surface area contributed by atoms with E-state index in [0.717, 1.165) is 22.5 Å². The SMILES string of the molecule is CCC(=O)Nc1ccc(N(C)C)c(CN(Cc2ccccc2)C(=O)CC(C)(C)C)c1. The number of carbonyl (C=O) groups excluding carboxylic acids is 2. The third-order valence-corrected chi connectivity index (χ3v) is 4.78. The van der Waals surface area contributed by atoms with Gasteiger partial charge in [-0.05, 0) is 34.7 Å². The Hall–Kier alpha value is -2.82. The van der Waals surface area contributed by atoms with Crippen molar-refractivity contribution in [2.45, 2.75) is 53.6 Å². The third-order valence-electron chi connectivity index (χ3n) is 4.78. The minimum Gasteiger partial charge on any atom is -0.377 e. The summed E-state index contributed by atoms with van der Waals surface area (Å²) in [5.74, 6) is 0.0996. The fourth-order valence-corrected chi connectivity index (χ4v) is 3.28. The Bertz CT molecular complexity index is 854. The highest BCUT2D eigenvalue weighted by atomic mass is 16.2. The molecule has 2 aromatic rings. The molecule has 0 spiro atoms. The molecule has 0 saturated carbocycles. The number of rotatable bonds is 8. The lowest BCUT2D eigenvalue weighted by Gasteiger charge is -2.29. The van der Waals surface area contributed by atoms with Crippen molar-refractivity contribution < 1.29 is 9.59 Å². The smallest absolute Gasteiger partial charge is 0.224 e. The van der Waals surface area contributed by atoms with E-state index in [1.165, 1.54) is 0 Å². The van der Waals surface area contributed by atoms with Crippen molar-refractivity contribution in [2.75, 3.05) is 24.3 Å². The van der Waals surface area contributed by atoms with Crippen LogP contribution in [0.2, 0.25) is 0 Å². The fraction of sp³-hybridized carbons (Fsp3) is 0.440. The molecule has 0 radical (unpaired) electrons. The molecule has 30 heavy (non-hydrogen) atoms. The number of benzene rings is 2. The van der Waals surface area contributed by atoms with Crippen molar-refractivity contribution in [3.63, 3.8) is 0 Å². The number of anilines is 2. The molecule has 5 nitrogen and oxygen atoms in total. The molecule has 0 bridgehead atoms. The van der Waals surface area contributed by atoms with Crippen LogP contribution in [-0.4, -0.2) is 30.8 Å². The zero-order chi connectivity index (χ0) is 22.3. The minimum atomic E-state index is -0.0899. The van der Waals surface area contributed by atoms with E-state index in [9.17, 15) is 9.59 Å². The Morgan fingerprint density at radius 1 is 0.967 bits per heavy atom. The second kappa shape index (κ2) is 10.3. The van der Waals surface area contributed by atoms with Crippen molar-refractivity contribution in [1.82, 2.24) is 4.90 Å². The van der Waals surface area contributed by atoms with Crippen LogP contribution in [0.5, 0.6) is 0 Å². The van der Waals surface area contributed by atoms with Crippen molar-refractivity contribution in [3.05, 3.63) is 59.7 Å². The van der Waals surface area contributed by atoms with E-state index in [0.29, 0.717) is 25.9 Å². The van der Waals surface area contributed by atoms with E-state index in [1.807, 2.05) is 79.3 Å². The van der Waals surface area contributed by atoms with Crippen LogP contribution in [-0.2, 0) is 22.7 Å². The Labute approximate surface area is 181 Å². The number of carbonyl (C=O) groups is 2. The van der Waals surface area contributed by atoms with Gasteiger partial charge in [0.05, 0.1) is 0 Å². The fourth-order valence-electron chi connectivity index (χ4n) is 3.28. The monoisotopic (exact) mass is 409 g/mol. The van der Waals surface area contributed by atoms with Crippen LogP contribution in [0.4, 0.5) is 11.4 Å². The van der Waals surface area contributed by atoms with Gasteiger partial charge in [-0.25, -0.2) is 0 Å². The topological polar surface area (TPSA) is 52.7 Å². The van der Waals surface area contributed by atoms with Crippen LogP contribution < -0.4 is 10.2 Å². The number of nitrogens with zero attached hydrogens (tertiary/aromatic N) is 2. The average molecular weight is 410 g/mol. The van der Waals surface area contributed by atoms with Gasteiger partial charge in [0.15, 0.2) is 0 Å². The molecular formula is C25H35N3O2. The molecule has 0 aliphatic rings. The molecule has 2 amide bonds. The van der Waals surface area contributed by atoms with E-state index in [4.69, 9.17) is 0 Å². The maximum Gasteiger partial charge on any atom is 0.224 e. The maximum absolute atomic E-state index is 13.2. The molecule has 2 aromatic carbocycles. The van der Waals surface area contributed by atoms with Gasteiger partial charge >= 0.3 is 0 Å². The van der Waals surface area contributed by atoms with Crippen molar-refractivity contribution >= 4 is 23.2 Å². The second-order valence-electron chi connectivity index (χ2n) is 9.11. The molecule has 0 fully saturated rings. The van der Waals surface area contributed by atoms with Gasteiger partial charge in [-0.3, -0.25) is 9.59 Å². The number of nitrogens with one attached hydrogen (secondary N) is 1. The standard InChI is InChI=1S/C25H35N3O2/c1-7-23(29)26-21-13-14-22(27(5)6)20(15-21)18-28(24(30)16-25(2,3)4)17-19-11-9-8-10-12-19/h8-15H,7,16-18H2,1-6H3,(H,26,29).